The summed E-state index contributed by atoms with van der Waals surface area (Å²) < 4.78 is 27.9. The topological polar surface area (TPSA) is 49.4 Å². The van der Waals surface area contributed by atoms with E-state index in [1.807, 2.05) is 32.0 Å². The van der Waals surface area contributed by atoms with E-state index in [1.54, 1.807) is 0 Å². The minimum Gasteiger partial charge on any atom is -0.256 e. The lowest BCUT2D eigenvalue weighted by atomic mass is 10.0. The molecule has 0 amide bonds. The molecule has 17 heavy (non-hydrogen) atoms. The van der Waals surface area contributed by atoms with Gasteiger partial charge in [0.25, 0.3) is 0 Å². The number of rotatable bonds is 3. The van der Waals surface area contributed by atoms with Crippen molar-refractivity contribution in [3.63, 3.8) is 0 Å². The molecule has 5 heteroatoms. The van der Waals surface area contributed by atoms with Crippen LogP contribution in [0.3, 0.4) is 0 Å². The van der Waals surface area contributed by atoms with Crippen LogP contribution in [0.1, 0.15) is 25.0 Å². The Kier molecular flexibility index (Phi) is 3.40. The molecule has 1 aromatic carbocycles. The molecular formula is C12H18N2O2S. The van der Waals surface area contributed by atoms with Crippen LogP contribution >= 0.6 is 0 Å². The summed E-state index contributed by atoms with van der Waals surface area (Å²) in [7, 11) is -3.32. The molecule has 1 saturated heterocycles. The van der Waals surface area contributed by atoms with Crippen LogP contribution in [0.25, 0.3) is 0 Å². The smallest absolute Gasteiger partial charge is 0.256 e. The summed E-state index contributed by atoms with van der Waals surface area (Å²) in [5.74, 6) is 0. The Hall–Kier alpha value is -1.07. The van der Waals surface area contributed by atoms with Gasteiger partial charge >= 0.3 is 10.2 Å². The van der Waals surface area contributed by atoms with Crippen molar-refractivity contribution in [1.29, 1.82) is 0 Å². The van der Waals surface area contributed by atoms with E-state index in [4.69, 9.17) is 0 Å². The van der Waals surface area contributed by atoms with Gasteiger partial charge < -0.3 is 0 Å². The predicted molar refractivity (Wildman–Crippen MR) is 69.5 cm³/mol. The van der Waals surface area contributed by atoms with Crippen molar-refractivity contribution in [1.82, 2.24) is 4.72 Å². The standard InChI is InChI=1S/C12H18N2O2S/c1-3-10-6-5-7-11(4-2)12(10)14-9-8-13-17(14,15)16/h5-7,13H,3-4,8-9H2,1-2H3. The highest BCUT2D eigenvalue weighted by molar-refractivity contribution is 7.91. The second kappa shape index (κ2) is 4.66. The number of benzene rings is 1. The fourth-order valence-corrected chi connectivity index (χ4v) is 3.55. The average Bonchev–Trinajstić information content (AvgIpc) is 2.67. The fraction of sp³-hybridized carbons (Fsp3) is 0.500. The van der Waals surface area contributed by atoms with Gasteiger partial charge in [-0.15, -0.1) is 0 Å². The third-order valence-corrected chi connectivity index (χ3v) is 4.62. The molecule has 0 bridgehead atoms. The van der Waals surface area contributed by atoms with E-state index in [0.29, 0.717) is 13.1 Å². The van der Waals surface area contributed by atoms with Crippen molar-refractivity contribution < 1.29 is 8.42 Å². The van der Waals surface area contributed by atoms with E-state index < -0.39 is 10.2 Å². The third kappa shape index (κ3) is 2.17. The van der Waals surface area contributed by atoms with E-state index >= 15 is 0 Å². The summed E-state index contributed by atoms with van der Waals surface area (Å²) in [5.41, 5.74) is 3.07. The lowest BCUT2D eigenvalue weighted by molar-refractivity contribution is 0.591. The van der Waals surface area contributed by atoms with Crippen molar-refractivity contribution in [3.05, 3.63) is 29.3 Å². The molecule has 4 nitrogen and oxygen atoms in total. The van der Waals surface area contributed by atoms with Crippen LogP contribution in [-0.2, 0) is 23.1 Å². The summed E-state index contributed by atoms with van der Waals surface area (Å²) in [6, 6.07) is 6.00. The Labute approximate surface area is 103 Å². The molecule has 0 aliphatic carbocycles. The Morgan fingerprint density at radius 2 is 1.82 bits per heavy atom. The predicted octanol–water partition coefficient (Wildman–Crippen LogP) is 1.47. The van der Waals surface area contributed by atoms with Gasteiger partial charge in [-0.2, -0.15) is 13.1 Å². The van der Waals surface area contributed by atoms with Gasteiger partial charge in [-0.05, 0) is 24.0 Å². The maximum absolute atomic E-state index is 11.9. The van der Waals surface area contributed by atoms with Crippen molar-refractivity contribution in [2.24, 2.45) is 0 Å². The third-order valence-electron chi connectivity index (χ3n) is 3.10. The number of anilines is 1. The SMILES string of the molecule is CCc1cccc(CC)c1N1CCNS1(=O)=O. The Bertz CT molecular complexity index is 489. The van der Waals surface area contributed by atoms with Crippen LogP contribution in [0.2, 0.25) is 0 Å². The number of nitrogens with zero attached hydrogens (tertiary/aromatic N) is 1. The number of para-hydroxylation sites is 1. The summed E-state index contributed by atoms with van der Waals surface area (Å²) in [4.78, 5) is 0. The molecular weight excluding hydrogens is 236 g/mol. The average molecular weight is 254 g/mol. The molecule has 1 aliphatic rings. The van der Waals surface area contributed by atoms with Crippen molar-refractivity contribution in [2.45, 2.75) is 26.7 Å². The first-order chi connectivity index (χ1) is 8.10. The highest BCUT2D eigenvalue weighted by Gasteiger charge is 2.30. The molecule has 1 N–H and O–H groups in total. The number of hydrogen-bond acceptors (Lipinski definition) is 2. The molecule has 1 fully saturated rings. The molecule has 1 aromatic rings. The molecule has 0 saturated carbocycles. The van der Waals surface area contributed by atoms with E-state index in [2.05, 4.69) is 4.72 Å². The Balaban J connectivity index is 2.57. The van der Waals surface area contributed by atoms with Crippen molar-refractivity contribution in [2.75, 3.05) is 17.4 Å². The van der Waals surface area contributed by atoms with Gasteiger partial charge in [0, 0.05) is 13.1 Å². The van der Waals surface area contributed by atoms with Gasteiger partial charge in [0.2, 0.25) is 0 Å². The molecule has 0 atom stereocenters. The monoisotopic (exact) mass is 254 g/mol. The Morgan fingerprint density at radius 1 is 1.24 bits per heavy atom. The van der Waals surface area contributed by atoms with Gasteiger partial charge in [0.15, 0.2) is 0 Å². The largest absolute Gasteiger partial charge is 0.301 e. The van der Waals surface area contributed by atoms with Crippen LogP contribution < -0.4 is 9.03 Å². The van der Waals surface area contributed by atoms with Crippen LogP contribution in [0.4, 0.5) is 5.69 Å². The molecule has 0 unspecified atom stereocenters. The van der Waals surface area contributed by atoms with Gasteiger partial charge in [0.1, 0.15) is 0 Å². The maximum Gasteiger partial charge on any atom is 0.301 e. The van der Waals surface area contributed by atoms with Crippen LogP contribution in [-0.4, -0.2) is 21.5 Å². The quantitative estimate of drug-likeness (QED) is 0.888. The molecule has 2 rings (SSSR count). The van der Waals surface area contributed by atoms with Crippen LogP contribution in [0.15, 0.2) is 18.2 Å². The molecule has 0 spiro atoms. The molecule has 1 aliphatic heterocycles. The minimum absolute atomic E-state index is 0.490. The number of hydrogen-bond donors (Lipinski definition) is 1. The lowest BCUT2D eigenvalue weighted by Crippen LogP contribution is -2.30. The van der Waals surface area contributed by atoms with Gasteiger partial charge in [-0.1, -0.05) is 32.0 Å². The highest BCUT2D eigenvalue weighted by atomic mass is 32.2. The highest BCUT2D eigenvalue weighted by Crippen LogP contribution is 2.29. The van der Waals surface area contributed by atoms with E-state index in [-0.39, 0.29) is 0 Å². The van der Waals surface area contributed by atoms with Crippen LogP contribution in [0.5, 0.6) is 0 Å². The summed E-state index contributed by atoms with van der Waals surface area (Å²) in [6.45, 7) is 5.11. The number of aryl methyl sites for hydroxylation is 2. The number of nitrogens with one attached hydrogen (secondary N) is 1. The maximum atomic E-state index is 11.9. The van der Waals surface area contributed by atoms with Crippen molar-refractivity contribution >= 4 is 15.9 Å². The molecule has 0 radical (unpaired) electrons. The Morgan fingerprint density at radius 3 is 2.24 bits per heavy atom. The van der Waals surface area contributed by atoms with Gasteiger partial charge in [-0.3, -0.25) is 4.31 Å². The molecule has 1 heterocycles. The van der Waals surface area contributed by atoms with Gasteiger partial charge in [0.05, 0.1) is 5.69 Å². The van der Waals surface area contributed by atoms with E-state index in [9.17, 15) is 8.42 Å². The normalized spacial score (nSPS) is 18.6. The zero-order valence-corrected chi connectivity index (χ0v) is 11.0. The van der Waals surface area contributed by atoms with Crippen LogP contribution in [0, 0.1) is 0 Å². The summed E-state index contributed by atoms with van der Waals surface area (Å²) in [5, 5.41) is 0. The summed E-state index contributed by atoms with van der Waals surface area (Å²) >= 11 is 0. The summed E-state index contributed by atoms with van der Waals surface area (Å²) in [6.07, 6.45) is 1.68. The van der Waals surface area contributed by atoms with E-state index in [0.717, 1.165) is 29.7 Å². The van der Waals surface area contributed by atoms with Gasteiger partial charge in [-0.25, -0.2) is 0 Å². The fourth-order valence-electron chi connectivity index (χ4n) is 2.24. The van der Waals surface area contributed by atoms with Crippen molar-refractivity contribution in [3.8, 4) is 0 Å². The molecule has 94 valence electrons. The second-order valence-electron chi connectivity index (χ2n) is 4.10. The van der Waals surface area contributed by atoms with E-state index in [1.165, 1.54) is 4.31 Å². The second-order valence-corrected chi connectivity index (χ2v) is 5.78. The first-order valence-electron chi connectivity index (χ1n) is 5.98. The minimum atomic E-state index is -3.32. The zero-order valence-electron chi connectivity index (χ0n) is 10.2. The first-order valence-corrected chi connectivity index (χ1v) is 7.42. The molecule has 0 aromatic heterocycles. The first kappa shape index (κ1) is 12.4. The lowest BCUT2D eigenvalue weighted by Gasteiger charge is -2.22. The zero-order chi connectivity index (χ0) is 12.5.